The molecule has 0 radical (unpaired) electrons. The number of benzene rings is 2. The Labute approximate surface area is 173 Å². The third-order valence-electron chi connectivity index (χ3n) is 4.14. The van der Waals surface area contributed by atoms with Gasteiger partial charge in [-0.15, -0.1) is 0 Å². The molecule has 0 bridgehead atoms. The first-order chi connectivity index (χ1) is 14.3. The number of anilines is 4. The summed E-state index contributed by atoms with van der Waals surface area (Å²) in [6.45, 7) is 2.85. The molecule has 0 atom stereocenters. The molecule has 0 saturated heterocycles. The topological polar surface area (TPSA) is 126 Å². The van der Waals surface area contributed by atoms with Crippen LogP contribution in [0.2, 0.25) is 0 Å². The molecule has 152 valence electrons. The van der Waals surface area contributed by atoms with Crippen LogP contribution < -0.4 is 21.7 Å². The Bertz CT molecular complexity index is 1110. The standard InChI is InChI=1S/C22H21N5O3/c1-13(28)25-17-6-8-18(9-7-17)27-22(30)20-11-16(12-24-21(20)23)15-4-3-5-19(10-15)26-14(2)29/h3-12H,1-2H3,(H2,23,24)(H,25,28)(H,26,29)(H,27,30). The second-order valence-corrected chi connectivity index (χ2v) is 6.63. The van der Waals surface area contributed by atoms with E-state index >= 15 is 0 Å². The minimum atomic E-state index is -0.410. The van der Waals surface area contributed by atoms with Crippen LogP contribution in [0.1, 0.15) is 24.2 Å². The highest BCUT2D eigenvalue weighted by Gasteiger charge is 2.13. The number of nitrogens with one attached hydrogen (secondary N) is 3. The van der Waals surface area contributed by atoms with Crippen molar-refractivity contribution < 1.29 is 14.4 Å². The van der Waals surface area contributed by atoms with Crippen molar-refractivity contribution in [2.45, 2.75) is 13.8 Å². The predicted molar refractivity (Wildman–Crippen MR) is 117 cm³/mol. The summed E-state index contributed by atoms with van der Waals surface area (Å²) in [6.07, 6.45) is 1.57. The number of hydrogen-bond donors (Lipinski definition) is 4. The molecule has 8 nitrogen and oxygen atoms in total. The van der Waals surface area contributed by atoms with Gasteiger partial charge in [-0.3, -0.25) is 14.4 Å². The van der Waals surface area contributed by atoms with Crippen LogP contribution in [0.5, 0.6) is 0 Å². The smallest absolute Gasteiger partial charge is 0.259 e. The maximum Gasteiger partial charge on any atom is 0.259 e. The van der Waals surface area contributed by atoms with E-state index < -0.39 is 5.91 Å². The van der Waals surface area contributed by atoms with Crippen molar-refractivity contribution >= 4 is 40.6 Å². The fourth-order valence-corrected chi connectivity index (χ4v) is 2.83. The summed E-state index contributed by atoms with van der Waals surface area (Å²) in [5.41, 5.74) is 9.42. The number of nitrogen functional groups attached to an aromatic ring is 1. The van der Waals surface area contributed by atoms with Gasteiger partial charge in [0.25, 0.3) is 5.91 Å². The number of aromatic nitrogens is 1. The van der Waals surface area contributed by atoms with Crippen LogP contribution in [-0.4, -0.2) is 22.7 Å². The summed E-state index contributed by atoms with van der Waals surface area (Å²) in [6, 6.07) is 15.6. The monoisotopic (exact) mass is 403 g/mol. The van der Waals surface area contributed by atoms with E-state index in [2.05, 4.69) is 20.9 Å². The zero-order valence-corrected chi connectivity index (χ0v) is 16.5. The number of pyridine rings is 1. The van der Waals surface area contributed by atoms with Crippen molar-refractivity contribution in [3.05, 3.63) is 66.4 Å². The first-order valence-electron chi connectivity index (χ1n) is 9.14. The molecule has 0 aliphatic rings. The van der Waals surface area contributed by atoms with Gasteiger partial charge >= 0.3 is 0 Å². The lowest BCUT2D eigenvalue weighted by atomic mass is 10.0. The Hall–Kier alpha value is -4.20. The van der Waals surface area contributed by atoms with Crippen LogP contribution in [-0.2, 0) is 9.59 Å². The first-order valence-corrected chi connectivity index (χ1v) is 9.14. The molecular formula is C22H21N5O3. The van der Waals surface area contributed by atoms with Crippen LogP contribution in [0, 0.1) is 0 Å². The van der Waals surface area contributed by atoms with Crippen molar-refractivity contribution in [1.82, 2.24) is 4.98 Å². The molecule has 3 rings (SSSR count). The fraction of sp³-hybridized carbons (Fsp3) is 0.0909. The molecule has 1 heterocycles. The van der Waals surface area contributed by atoms with Gasteiger partial charge in [-0.2, -0.15) is 0 Å². The quantitative estimate of drug-likeness (QED) is 0.519. The lowest BCUT2D eigenvalue weighted by Gasteiger charge is -2.11. The second kappa shape index (κ2) is 8.87. The highest BCUT2D eigenvalue weighted by atomic mass is 16.2. The van der Waals surface area contributed by atoms with E-state index in [1.165, 1.54) is 13.8 Å². The predicted octanol–water partition coefficient (Wildman–Crippen LogP) is 3.50. The van der Waals surface area contributed by atoms with Crippen molar-refractivity contribution in [1.29, 1.82) is 0 Å². The summed E-state index contributed by atoms with van der Waals surface area (Å²) in [5.74, 6) is -0.659. The van der Waals surface area contributed by atoms with E-state index in [-0.39, 0.29) is 23.2 Å². The normalized spacial score (nSPS) is 10.2. The Kier molecular flexibility index (Phi) is 6.07. The van der Waals surface area contributed by atoms with Crippen molar-refractivity contribution in [2.75, 3.05) is 21.7 Å². The molecule has 0 saturated carbocycles. The number of nitrogens with zero attached hydrogens (tertiary/aromatic N) is 1. The van der Waals surface area contributed by atoms with Gasteiger partial charge in [0, 0.05) is 42.7 Å². The minimum Gasteiger partial charge on any atom is -0.383 e. The van der Waals surface area contributed by atoms with Crippen LogP contribution in [0.15, 0.2) is 60.8 Å². The minimum absolute atomic E-state index is 0.101. The highest BCUT2D eigenvalue weighted by molar-refractivity contribution is 6.08. The molecule has 30 heavy (non-hydrogen) atoms. The number of nitrogens with two attached hydrogens (primary N) is 1. The molecule has 0 fully saturated rings. The van der Waals surface area contributed by atoms with Gasteiger partial charge in [0.05, 0.1) is 5.56 Å². The number of carbonyl (C=O) groups excluding carboxylic acids is 3. The first kappa shape index (κ1) is 20.5. The van der Waals surface area contributed by atoms with E-state index in [0.717, 1.165) is 5.56 Å². The summed E-state index contributed by atoms with van der Waals surface area (Å²) in [4.78, 5) is 39.3. The maximum atomic E-state index is 12.7. The summed E-state index contributed by atoms with van der Waals surface area (Å²) in [5, 5.41) is 8.15. The van der Waals surface area contributed by atoms with Crippen LogP contribution in [0.4, 0.5) is 22.9 Å². The number of carbonyl (C=O) groups is 3. The molecule has 0 spiro atoms. The second-order valence-electron chi connectivity index (χ2n) is 6.63. The van der Waals surface area contributed by atoms with Crippen LogP contribution >= 0.6 is 0 Å². The van der Waals surface area contributed by atoms with Crippen LogP contribution in [0.25, 0.3) is 11.1 Å². The molecule has 1 aromatic heterocycles. The molecule has 0 unspecified atom stereocenters. The molecule has 3 aromatic rings. The zero-order chi connectivity index (χ0) is 21.7. The number of amides is 3. The van der Waals surface area contributed by atoms with Gasteiger partial charge in [0.2, 0.25) is 11.8 Å². The van der Waals surface area contributed by atoms with Crippen molar-refractivity contribution in [2.24, 2.45) is 0 Å². The van der Waals surface area contributed by atoms with Gasteiger partial charge in [-0.25, -0.2) is 4.98 Å². The molecular weight excluding hydrogens is 382 g/mol. The van der Waals surface area contributed by atoms with Gasteiger partial charge < -0.3 is 21.7 Å². The lowest BCUT2D eigenvalue weighted by molar-refractivity contribution is -0.115. The Morgan fingerprint density at radius 3 is 2.00 bits per heavy atom. The largest absolute Gasteiger partial charge is 0.383 e. The SMILES string of the molecule is CC(=O)Nc1ccc(NC(=O)c2cc(-c3cccc(NC(C)=O)c3)cnc2N)cc1. The van der Waals surface area contributed by atoms with Gasteiger partial charge in [0.15, 0.2) is 0 Å². The van der Waals surface area contributed by atoms with Crippen molar-refractivity contribution in [3.63, 3.8) is 0 Å². The van der Waals surface area contributed by atoms with Crippen molar-refractivity contribution in [3.8, 4) is 11.1 Å². The fourth-order valence-electron chi connectivity index (χ4n) is 2.83. The Balaban J connectivity index is 1.82. The van der Waals surface area contributed by atoms with E-state index in [4.69, 9.17) is 5.73 Å². The molecule has 0 aliphatic carbocycles. The van der Waals surface area contributed by atoms with E-state index in [0.29, 0.717) is 22.6 Å². The average molecular weight is 403 g/mol. The summed E-state index contributed by atoms with van der Waals surface area (Å²) in [7, 11) is 0. The van der Waals surface area contributed by atoms with E-state index in [9.17, 15) is 14.4 Å². The molecule has 0 aliphatic heterocycles. The van der Waals surface area contributed by atoms with Gasteiger partial charge in [0.1, 0.15) is 5.82 Å². The lowest BCUT2D eigenvalue weighted by Crippen LogP contribution is -2.15. The molecule has 5 N–H and O–H groups in total. The molecule has 8 heteroatoms. The highest BCUT2D eigenvalue weighted by Crippen LogP contribution is 2.25. The third-order valence-corrected chi connectivity index (χ3v) is 4.14. The van der Waals surface area contributed by atoms with E-state index in [1.54, 1.807) is 54.7 Å². The van der Waals surface area contributed by atoms with E-state index in [1.807, 2.05) is 6.07 Å². The Morgan fingerprint density at radius 1 is 0.767 bits per heavy atom. The Morgan fingerprint density at radius 2 is 1.37 bits per heavy atom. The van der Waals surface area contributed by atoms with Gasteiger partial charge in [-0.1, -0.05) is 12.1 Å². The van der Waals surface area contributed by atoms with Gasteiger partial charge in [-0.05, 0) is 48.0 Å². The number of rotatable bonds is 5. The summed E-state index contributed by atoms with van der Waals surface area (Å²) < 4.78 is 0. The third kappa shape index (κ3) is 5.20. The summed E-state index contributed by atoms with van der Waals surface area (Å²) >= 11 is 0. The molecule has 3 amide bonds. The number of hydrogen-bond acceptors (Lipinski definition) is 5. The zero-order valence-electron chi connectivity index (χ0n) is 16.5. The maximum absolute atomic E-state index is 12.7. The molecule has 2 aromatic carbocycles. The average Bonchev–Trinajstić information content (AvgIpc) is 2.69. The van der Waals surface area contributed by atoms with Crippen LogP contribution in [0.3, 0.4) is 0 Å².